The third-order valence-electron chi connectivity index (χ3n) is 2.74. The highest BCUT2D eigenvalue weighted by Crippen LogP contribution is 2.27. The summed E-state index contributed by atoms with van der Waals surface area (Å²) >= 11 is 0.634. The number of anilines is 1. The monoisotopic (exact) mass is 309 g/mol. The number of rotatable bonds is 3. The molecule has 0 aliphatic heterocycles. The van der Waals surface area contributed by atoms with E-state index in [1.54, 1.807) is 18.2 Å². The summed E-state index contributed by atoms with van der Waals surface area (Å²) in [7, 11) is -2.51. The van der Waals surface area contributed by atoms with Gasteiger partial charge in [0.15, 0.2) is 4.21 Å². The normalized spacial score (nSPS) is 11.1. The summed E-state index contributed by atoms with van der Waals surface area (Å²) in [5.41, 5.74) is 0.815. The first-order valence-electron chi connectivity index (χ1n) is 5.55. The molecule has 0 saturated heterocycles. The van der Waals surface area contributed by atoms with Crippen LogP contribution in [0.1, 0.15) is 11.3 Å². The molecule has 2 aromatic rings. The zero-order valence-electron chi connectivity index (χ0n) is 10.7. The van der Waals surface area contributed by atoms with Gasteiger partial charge in [-0.25, -0.2) is 8.42 Å². The van der Waals surface area contributed by atoms with Crippen molar-refractivity contribution in [2.24, 2.45) is 0 Å². The van der Waals surface area contributed by atoms with E-state index in [4.69, 9.17) is 5.26 Å². The fourth-order valence-electron chi connectivity index (χ4n) is 1.73. The Morgan fingerprint density at radius 2 is 2.00 bits per heavy atom. The van der Waals surface area contributed by atoms with Crippen molar-refractivity contribution in [3.63, 3.8) is 0 Å². The first-order valence-corrected chi connectivity index (χ1v) is 7.81. The third kappa shape index (κ3) is 2.33. The van der Waals surface area contributed by atoms with Crippen molar-refractivity contribution in [3.05, 3.63) is 45.2 Å². The summed E-state index contributed by atoms with van der Waals surface area (Å²) in [6.07, 6.45) is 0. The van der Waals surface area contributed by atoms with Gasteiger partial charge in [0.25, 0.3) is 10.0 Å². The fourth-order valence-corrected chi connectivity index (χ4v) is 4.40. The molecular formula is C12H11N3O3S2. The van der Waals surface area contributed by atoms with Gasteiger partial charge in [0.1, 0.15) is 6.07 Å². The maximum Gasteiger partial charge on any atom is 0.306 e. The molecule has 0 atom stereocenters. The van der Waals surface area contributed by atoms with Crippen LogP contribution in [-0.2, 0) is 10.0 Å². The smallest absolute Gasteiger partial charge is 0.306 e. The van der Waals surface area contributed by atoms with Crippen LogP contribution in [0.5, 0.6) is 0 Å². The van der Waals surface area contributed by atoms with E-state index in [0.717, 1.165) is 4.31 Å². The Hall–Kier alpha value is -2.11. The van der Waals surface area contributed by atoms with Crippen molar-refractivity contribution >= 4 is 27.0 Å². The molecule has 0 aliphatic carbocycles. The van der Waals surface area contributed by atoms with Gasteiger partial charge in [0.05, 0.1) is 11.3 Å². The number of para-hydroxylation sites is 1. The zero-order chi connectivity index (χ0) is 14.9. The molecular weight excluding hydrogens is 298 g/mol. The highest BCUT2D eigenvalue weighted by Gasteiger charge is 2.27. The number of hydrogen-bond acceptors (Lipinski definition) is 5. The van der Waals surface area contributed by atoms with E-state index in [2.05, 4.69) is 4.98 Å². The minimum absolute atomic E-state index is 0.0438. The minimum Gasteiger partial charge on any atom is -0.315 e. The van der Waals surface area contributed by atoms with Gasteiger partial charge in [0, 0.05) is 12.7 Å². The lowest BCUT2D eigenvalue weighted by Gasteiger charge is -2.19. The molecule has 2 rings (SSSR count). The Morgan fingerprint density at radius 1 is 1.35 bits per heavy atom. The number of thiazole rings is 1. The Kier molecular flexibility index (Phi) is 3.65. The Balaban J connectivity index is 2.58. The molecule has 8 heteroatoms. The van der Waals surface area contributed by atoms with Crippen molar-refractivity contribution in [3.8, 4) is 6.07 Å². The highest BCUT2D eigenvalue weighted by molar-refractivity contribution is 7.94. The SMILES string of the molecule is Cc1[nH]c(=O)sc1S(=O)(=O)N(C)c1ccccc1C#N. The standard InChI is InChI=1S/C12H11N3O3S2/c1-8-11(19-12(16)14-8)20(17,18)15(2)10-6-4-3-5-9(10)7-13/h3-6H,1-2H3,(H,14,16). The lowest BCUT2D eigenvalue weighted by molar-refractivity contribution is 0.595. The molecule has 1 aromatic carbocycles. The lowest BCUT2D eigenvalue weighted by atomic mass is 10.2. The summed E-state index contributed by atoms with van der Waals surface area (Å²) in [6, 6.07) is 8.33. The van der Waals surface area contributed by atoms with Gasteiger partial charge in [-0.1, -0.05) is 23.5 Å². The number of nitriles is 1. The number of aromatic amines is 1. The molecule has 0 radical (unpaired) electrons. The maximum absolute atomic E-state index is 12.5. The Morgan fingerprint density at radius 3 is 2.55 bits per heavy atom. The number of nitrogens with zero attached hydrogens (tertiary/aromatic N) is 2. The summed E-state index contributed by atoms with van der Waals surface area (Å²) in [4.78, 5) is 13.3. The summed E-state index contributed by atoms with van der Waals surface area (Å²) in [5.74, 6) is 0. The molecule has 0 bridgehead atoms. The molecule has 0 amide bonds. The average Bonchev–Trinajstić information content (AvgIpc) is 2.77. The Labute approximate surface area is 120 Å². The van der Waals surface area contributed by atoms with E-state index in [-0.39, 0.29) is 15.5 Å². The van der Waals surface area contributed by atoms with Crippen LogP contribution in [0.3, 0.4) is 0 Å². The quantitative estimate of drug-likeness (QED) is 0.928. The molecule has 0 spiro atoms. The summed E-state index contributed by atoms with van der Waals surface area (Å²) in [6.45, 7) is 1.52. The van der Waals surface area contributed by atoms with Crippen LogP contribution in [0.2, 0.25) is 0 Å². The van der Waals surface area contributed by atoms with Gasteiger partial charge in [-0.3, -0.25) is 9.10 Å². The second kappa shape index (κ2) is 5.11. The topological polar surface area (TPSA) is 94.0 Å². The number of aryl methyl sites for hydroxylation is 1. The van der Waals surface area contributed by atoms with Gasteiger partial charge in [-0.05, 0) is 19.1 Å². The molecule has 0 unspecified atom stereocenters. The van der Waals surface area contributed by atoms with Gasteiger partial charge in [0.2, 0.25) is 0 Å². The molecule has 0 aliphatic rings. The fraction of sp³-hybridized carbons (Fsp3) is 0.167. The molecule has 0 fully saturated rings. The average molecular weight is 309 g/mol. The Bertz CT molecular complexity index is 843. The van der Waals surface area contributed by atoms with E-state index in [1.165, 1.54) is 20.0 Å². The predicted octanol–water partition coefficient (Wildman–Crippen LogP) is 1.44. The van der Waals surface area contributed by atoms with E-state index in [9.17, 15) is 13.2 Å². The first-order chi connectivity index (χ1) is 9.37. The van der Waals surface area contributed by atoms with Crippen molar-refractivity contribution in [2.75, 3.05) is 11.4 Å². The maximum atomic E-state index is 12.5. The highest BCUT2D eigenvalue weighted by atomic mass is 32.2. The van der Waals surface area contributed by atoms with E-state index in [0.29, 0.717) is 17.0 Å². The number of nitrogens with one attached hydrogen (secondary N) is 1. The number of aromatic nitrogens is 1. The second-order valence-corrected chi connectivity index (χ2v) is 7.18. The van der Waals surface area contributed by atoms with Crippen molar-refractivity contribution in [1.82, 2.24) is 4.98 Å². The molecule has 6 nitrogen and oxygen atoms in total. The minimum atomic E-state index is -3.86. The van der Waals surface area contributed by atoms with Gasteiger partial charge < -0.3 is 4.98 Å². The van der Waals surface area contributed by atoms with Crippen LogP contribution in [0.15, 0.2) is 33.3 Å². The molecule has 0 saturated carbocycles. The largest absolute Gasteiger partial charge is 0.315 e. The van der Waals surface area contributed by atoms with Crippen LogP contribution in [0.4, 0.5) is 5.69 Å². The van der Waals surface area contributed by atoms with Crippen molar-refractivity contribution in [2.45, 2.75) is 11.1 Å². The molecule has 1 aromatic heterocycles. The van der Waals surface area contributed by atoms with Crippen LogP contribution in [0, 0.1) is 18.3 Å². The van der Waals surface area contributed by atoms with Gasteiger partial charge in [-0.15, -0.1) is 0 Å². The van der Waals surface area contributed by atoms with E-state index in [1.807, 2.05) is 6.07 Å². The van der Waals surface area contributed by atoms with Crippen LogP contribution >= 0.6 is 11.3 Å². The van der Waals surface area contributed by atoms with Crippen LogP contribution in [-0.4, -0.2) is 20.4 Å². The van der Waals surface area contributed by atoms with Crippen LogP contribution in [0.25, 0.3) is 0 Å². The predicted molar refractivity (Wildman–Crippen MR) is 76.4 cm³/mol. The number of benzene rings is 1. The second-order valence-electron chi connectivity index (χ2n) is 4.03. The lowest BCUT2D eigenvalue weighted by Crippen LogP contribution is -2.27. The van der Waals surface area contributed by atoms with Gasteiger partial charge in [-0.2, -0.15) is 5.26 Å². The number of H-pyrrole nitrogens is 1. The molecule has 20 heavy (non-hydrogen) atoms. The molecule has 104 valence electrons. The van der Waals surface area contributed by atoms with Crippen molar-refractivity contribution in [1.29, 1.82) is 5.26 Å². The molecule has 1 heterocycles. The van der Waals surface area contributed by atoms with Crippen molar-refractivity contribution < 1.29 is 8.42 Å². The van der Waals surface area contributed by atoms with E-state index < -0.39 is 14.9 Å². The first kappa shape index (κ1) is 14.3. The third-order valence-corrected chi connectivity index (χ3v) is 6.09. The number of sulfonamides is 1. The van der Waals surface area contributed by atoms with Crippen LogP contribution < -0.4 is 9.18 Å². The number of hydrogen-bond donors (Lipinski definition) is 1. The van der Waals surface area contributed by atoms with Gasteiger partial charge >= 0.3 is 4.87 Å². The summed E-state index contributed by atoms with van der Waals surface area (Å²) < 4.78 is 26.0. The van der Waals surface area contributed by atoms with E-state index >= 15 is 0 Å². The summed E-state index contributed by atoms with van der Waals surface area (Å²) in [5, 5.41) is 9.04. The molecule has 1 N–H and O–H groups in total. The zero-order valence-corrected chi connectivity index (χ0v) is 12.4.